The van der Waals surface area contributed by atoms with E-state index >= 15 is 0 Å². The van der Waals surface area contributed by atoms with Crippen LogP contribution in [0.4, 0.5) is 13.2 Å². The third kappa shape index (κ3) is 2.15. The molecule has 108 valence electrons. The molecule has 0 N–H and O–H groups in total. The van der Waals surface area contributed by atoms with Crippen LogP contribution in [0.5, 0.6) is 0 Å². The largest absolute Gasteiger partial charge is 0.416 e. The molecular formula is C17H13F3O. The first kappa shape index (κ1) is 13.9. The highest BCUT2D eigenvalue weighted by Gasteiger charge is 2.43. The molecule has 2 aromatic carbocycles. The van der Waals surface area contributed by atoms with Crippen LogP contribution < -0.4 is 0 Å². The van der Waals surface area contributed by atoms with Crippen molar-refractivity contribution >= 4 is 5.78 Å². The molecule has 0 spiro atoms. The quantitative estimate of drug-likeness (QED) is 0.760. The van der Waals surface area contributed by atoms with Crippen molar-refractivity contribution in [3.05, 3.63) is 70.8 Å². The number of benzene rings is 2. The summed E-state index contributed by atoms with van der Waals surface area (Å²) >= 11 is 0. The predicted molar refractivity (Wildman–Crippen MR) is 73.3 cm³/mol. The van der Waals surface area contributed by atoms with Gasteiger partial charge in [-0.1, -0.05) is 42.5 Å². The molecule has 4 heteroatoms. The highest BCUT2D eigenvalue weighted by atomic mass is 19.4. The lowest BCUT2D eigenvalue weighted by molar-refractivity contribution is -0.137. The number of halogens is 3. The summed E-state index contributed by atoms with van der Waals surface area (Å²) in [6.07, 6.45) is -3.97. The van der Waals surface area contributed by atoms with Crippen LogP contribution in [0.3, 0.4) is 0 Å². The van der Waals surface area contributed by atoms with Crippen LogP contribution in [0.25, 0.3) is 0 Å². The first-order valence-corrected chi connectivity index (χ1v) is 6.63. The summed E-state index contributed by atoms with van der Waals surface area (Å²) in [5, 5.41) is 0. The van der Waals surface area contributed by atoms with E-state index in [1.807, 2.05) is 12.1 Å². The fourth-order valence-corrected chi connectivity index (χ4v) is 2.93. The summed E-state index contributed by atoms with van der Waals surface area (Å²) in [7, 11) is 0. The number of Topliss-reactive ketones (excluding diaryl/α,β-unsaturated/α-hetero) is 1. The number of carbonyl (C=O) groups excluding carboxylic acids is 1. The van der Waals surface area contributed by atoms with E-state index in [-0.39, 0.29) is 5.78 Å². The van der Waals surface area contributed by atoms with Gasteiger partial charge in [-0.2, -0.15) is 13.2 Å². The van der Waals surface area contributed by atoms with E-state index in [2.05, 4.69) is 0 Å². The van der Waals surface area contributed by atoms with Crippen molar-refractivity contribution in [2.75, 3.05) is 0 Å². The Morgan fingerprint density at radius 1 is 1.05 bits per heavy atom. The molecule has 0 aromatic heterocycles. The van der Waals surface area contributed by atoms with E-state index in [9.17, 15) is 18.0 Å². The van der Waals surface area contributed by atoms with E-state index in [0.717, 1.165) is 17.7 Å². The standard InChI is InChI=1S/C17H13F3O/c1-16(10-11-5-2-3-8-14(11)15(16)21)12-6-4-7-13(9-12)17(18,19)20/h2-9H,10H2,1H3. The summed E-state index contributed by atoms with van der Waals surface area (Å²) in [6, 6.07) is 12.3. The highest BCUT2D eigenvalue weighted by molar-refractivity contribution is 6.08. The number of alkyl halides is 3. The number of ketones is 1. The predicted octanol–water partition coefficient (Wildman–Crippen LogP) is 4.40. The molecule has 1 aliphatic carbocycles. The Labute approximate surface area is 120 Å². The Kier molecular flexibility index (Phi) is 2.94. The Morgan fingerprint density at radius 2 is 1.76 bits per heavy atom. The van der Waals surface area contributed by atoms with Crippen molar-refractivity contribution in [2.24, 2.45) is 0 Å². The van der Waals surface area contributed by atoms with Gasteiger partial charge in [-0.15, -0.1) is 0 Å². The van der Waals surface area contributed by atoms with Crippen LogP contribution in [0.15, 0.2) is 48.5 Å². The lowest BCUT2D eigenvalue weighted by Crippen LogP contribution is -2.29. The molecule has 3 rings (SSSR count). The Bertz CT molecular complexity index is 718. The molecule has 0 heterocycles. The van der Waals surface area contributed by atoms with Gasteiger partial charge < -0.3 is 0 Å². The average molecular weight is 290 g/mol. The second-order valence-corrected chi connectivity index (χ2v) is 5.57. The molecule has 2 aromatic rings. The lowest BCUT2D eigenvalue weighted by Gasteiger charge is -2.23. The summed E-state index contributed by atoms with van der Waals surface area (Å²) in [6.45, 7) is 1.71. The Hall–Kier alpha value is -2.10. The van der Waals surface area contributed by atoms with E-state index in [0.29, 0.717) is 17.5 Å². The minimum absolute atomic E-state index is 0.113. The number of hydrogen-bond acceptors (Lipinski definition) is 1. The third-order valence-corrected chi connectivity index (χ3v) is 4.13. The Balaban J connectivity index is 2.08. The number of rotatable bonds is 1. The zero-order valence-corrected chi connectivity index (χ0v) is 11.4. The maximum atomic E-state index is 12.9. The third-order valence-electron chi connectivity index (χ3n) is 4.13. The molecule has 1 nitrogen and oxygen atoms in total. The molecule has 1 atom stereocenters. The van der Waals surface area contributed by atoms with Crippen molar-refractivity contribution in [1.29, 1.82) is 0 Å². The van der Waals surface area contributed by atoms with Crippen LogP contribution >= 0.6 is 0 Å². The molecule has 0 amide bonds. The molecule has 1 aliphatic rings. The SMILES string of the molecule is CC1(c2cccc(C(F)(F)F)c2)Cc2ccccc2C1=O. The van der Waals surface area contributed by atoms with Gasteiger partial charge in [-0.05, 0) is 30.5 Å². The van der Waals surface area contributed by atoms with Crippen molar-refractivity contribution in [2.45, 2.75) is 24.9 Å². The van der Waals surface area contributed by atoms with E-state index in [1.54, 1.807) is 25.1 Å². The minimum Gasteiger partial charge on any atom is -0.293 e. The number of carbonyl (C=O) groups is 1. The van der Waals surface area contributed by atoms with Crippen LogP contribution in [0.2, 0.25) is 0 Å². The number of hydrogen-bond donors (Lipinski definition) is 0. The maximum Gasteiger partial charge on any atom is 0.416 e. The molecule has 0 aliphatic heterocycles. The van der Waals surface area contributed by atoms with Gasteiger partial charge in [0.15, 0.2) is 5.78 Å². The smallest absolute Gasteiger partial charge is 0.293 e. The average Bonchev–Trinajstić information content (AvgIpc) is 2.72. The van der Waals surface area contributed by atoms with Crippen LogP contribution in [-0.4, -0.2) is 5.78 Å². The van der Waals surface area contributed by atoms with Crippen molar-refractivity contribution < 1.29 is 18.0 Å². The van der Waals surface area contributed by atoms with Crippen molar-refractivity contribution in [3.8, 4) is 0 Å². The van der Waals surface area contributed by atoms with Gasteiger partial charge in [0.25, 0.3) is 0 Å². The van der Waals surface area contributed by atoms with E-state index in [1.165, 1.54) is 6.07 Å². The lowest BCUT2D eigenvalue weighted by atomic mass is 9.78. The summed E-state index contributed by atoms with van der Waals surface area (Å²) < 4.78 is 38.6. The van der Waals surface area contributed by atoms with Gasteiger partial charge in [0.05, 0.1) is 11.0 Å². The van der Waals surface area contributed by atoms with Gasteiger partial charge in [-0.25, -0.2) is 0 Å². The fraction of sp³-hybridized carbons (Fsp3) is 0.235. The zero-order chi connectivity index (χ0) is 15.3. The van der Waals surface area contributed by atoms with Crippen molar-refractivity contribution in [1.82, 2.24) is 0 Å². The second-order valence-electron chi connectivity index (χ2n) is 5.57. The highest BCUT2D eigenvalue weighted by Crippen LogP contribution is 2.41. The summed E-state index contributed by atoms with van der Waals surface area (Å²) in [4.78, 5) is 12.6. The fourth-order valence-electron chi connectivity index (χ4n) is 2.93. The molecule has 0 bridgehead atoms. The molecule has 21 heavy (non-hydrogen) atoms. The van der Waals surface area contributed by atoms with Gasteiger partial charge in [0, 0.05) is 5.56 Å². The first-order valence-electron chi connectivity index (χ1n) is 6.63. The van der Waals surface area contributed by atoms with Crippen LogP contribution in [0.1, 0.15) is 34.0 Å². The van der Waals surface area contributed by atoms with E-state index < -0.39 is 17.2 Å². The normalized spacial score (nSPS) is 21.4. The molecular weight excluding hydrogens is 277 g/mol. The zero-order valence-electron chi connectivity index (χ0n) is 11.4. The van der Waals surface area contributed by atoms with Gasteiger partial charge in [-0.3, -0.25) is 4.79 Å². The van der Waals surface area contributed by atoms with Crippen LogP contribution in [0, 0.1) is 0 Å². The van der Waals surface area contributed by atoms with Crippen LogP contribution in [-0.2, 0) is 18.0 Å². The maximum absolute atomic E-state index is 12.9. The summed E-state index contributed by atoms with van der Waals surface area (Å²) in [5.74, 6) is -0.113. The van der Waals surface area contributed by atoms with E-state index in [4.69, 9.17) is 0 Å². The van der Waals surface area contributed by atoms with Gasteiger partial charge >= 0.3 is 6.18 Å². The van der Waals surface area contributed by atoms with Crippen molar-refractivity contribution in [3.63, 3.8) is 0 Å². The summed E-state index contributed by atoms with van der Waals surface area (Å²) in [5.41, 5.74) is 0.272. The first-order chi connectivity index (χ1) is 9.82. The monoisotopic (exact) mass is 290 g/mol. The molecule has 1 unspecified atom stereocenters. The van der Waals surface area contributed by atoms with Gasteiger partial charge in [0.2, 0.25) is 0 Å². The molecule has 0 saturated heterocycles. The molecule has 0 radical (unpaired) electrons. The minimum atomic E-state index is -4.40. The Morgan fingerprint density at radius 3 is 2.43 bits per heavy atom. The number of fused-ring (bicyclic) bond motifs is 1. The molecule has 0 saturated carbocycles. The van der Waals surface area contributed by atoms with Gasteiger partial charge in [0.1, 0.15) is 0 Å². The second kappa shape index (κ2) is 4.45. The topological polar surface area (TPSA) is 17.1 Å². The molecule has 0 fully saturated rings.